The maximum absolute atomic E-state index is 13.0. The molecule has 7 nitrogen and oxygen atoms in total. The fourth-order valence-corrected chi connectivity index (χ4v) is 6.18. The van der Waals surface area contributed by atoms with Crippen molar-refractivity contribution in [2.24, 2.45) is 5.92 Å². The number of pyridine rings is 1. The van der Waals surface area contributed by atoms with E-state index < -0.39 is 10.1 Å². The molecule has 0 bridgehead atoms. The van der Waals surface area contributed by atoms with E-state index >= 15 is 0 Å². The standard InChI is InChI=1S/C29H35N3O4S/c1-37(34,35)36-25-12-9-22-14-18-32(19-15-23(22)20-25)17-13-21-7-10-24(11-8-21)31-29(33)27-4-2-6-28-26(27)5-3-16-30-28/h2-6,9,12,16,20-21,24H,7-8,10-11,13-15,17-19H2,1H3,(H,31,33). The zero-order chi connectivity index (χ0) is 25.8. The molecule has 0 atom stereocenters. The van der Waals surface area contributed by atoms with Crippen molar-refractivity contribution in [2.75, 3.05) is 25.9 Å². The normalized spacial score (nSPS) is 20.7. The molecule has 1 saturated carbocycles. The van der Waals surface area contributed by atoms with Gasteiger partial charge in [0.1, 0.15) is 5.75 Å². The van der Waals surface area contributed by atoms with E-state index in [9.17, 15) is 13.2 Å². The number of amides is 1. The fourth-order valence-electron chi connectivity index (χ4n) is 5.72. The van der Waals surface area contributed by atoms with E-state index in [1.165, 1.54) is 17.5 Å². The molecule has 2 heterocycles. The first-order valence-corrected chi connectivity index (χ1v) is 15.0. The average molecular weight is 522 g/mol. The van der Waals surface area contributed by atoms with Crippen LogP contribution in [0.5, 0.6) is 5.75 Å². The zero-order valence-corrected chi connectivity index (χ0v) is 22.2. The number of carbonyl (C=O) groups is 1. The SMILES string of the molecule is CS(=O)(=O)Oc1ccc2c(c1)CCN(CCC1CCC(NC(=O)c3cccc4ncccc34)CC1)CC2. The lowest BCUT2D eigenvalue weighted by Crippen LogP contribution is -2.38. The van der Waals surface area contributed by atoms with Gasteiger partial charge in [0.25, 0.3) is 5.91 Å². The monoisotopic (exact) mass is 521 g/mol. The highest BCUT2D eigenvalue weighted by molar-refractivity contribution is 7.86. The third kappa shape index (κ3) is 6.67. The van der Waals surface area contributed by atoms with Crippen molar-refractivity contribution in [1.82, 2.24) is 15.2 Å². The predicted octanol–water partition coefficient (Wildman–Crippen LogP) is 4.35. The summed E-state index contributed by atoms with van der Waals surface area (Å²) in [7, 11) is -3.51. The number of nitrogens with one attached hydrogen (secondary N) is 1. The van der Waals surface area contributed by atoms with Gasteiger partial charge in [0.15, 0.2) is 0 Å². The van der Waals surface area contributed by atoms with E-state index in [1.54, 1.807) is 12.3 Å². The summed E-state index contributed by atoms with van der Waals surface area (Å²) < 4.78 is 28.0. The second-order valence-electron chi connectivity index (χ2n) is 10.4. The summed E-state index contributed by atoms with van der Waals surface area (Å²) in [5, 5.41) is 4.16. The maximum Gasteiger partial charge on any atom is 0.306 e. The van der Waals surface area contributed by atoms with Crippen molar-refractivity contribution in [3.8, 4) is 5.75 Å². The first-order valence-electron chi connectivity index (χ1n) is 13.2. The van der Waals surface area contributed by atoms with Crippen molar-refractivity contribution in [2.45, 2.75) is 51.0 Å². The van der Waals surface area contributed by atoms with Crippen LogP contribution in [-0.4, -0.2) is 56.1 Å². The van der Waals surface area contributed by atoms with Crippen molar-refractivity contribution in [1.29, 1.82) is 0 Å². The Hall–Kier alpha value is -2.97. The summed E-state index contributed by atoms with van der Waals surface area (Å²) in [5.41, 5.74) is 4.01. The third-order valence-corrected chi connectivity index (χ3v) is 8.24. The molecule has 5 rings (SSSR count). The number of hydrogen-bond acceptors (Lipinski definition) is 6. The molecule has 1 amide bonds. The third-order valence-electron chi connectivity index (χ3n) is 7.75. The Morgan fingerprint density at radius 1 is 1.03 bits per heavy atom. The molecule has 0 unspecified atom stereocenters. The molecule has 1 N–H and O–H groups in total. The summed E-state index contributed by atoms with van der Waals surface area (Å²) >= 11 is 0. The van der Waals surface area contributed by atoms with Crippen molar-refractivity contribution in [3.05, 3.63) is 71.4 Å². The molecule has 0 spiro atoms. The second-order valence-corrected chi connectivity index (χ2v) is 12.0. The molecule has 0 saturated heterocycles. The lowest BCUT2D eigenvalue weighted by Gasteiger charge is -2.31. The van der Waals surface area contributed by atoms with E-state index in [0.717, 1.165) is 75.3 Å². The number of hydrogen-bond donors (Lipinski definition) is 1. The van der Waals surface area contributed by atoms with Gasteiger partial charge in [-0.2, -0.15) is 8.42 Å². The van der Waals surface area contributed by atoms with Gasteiger partial charge in [0.2, 0.25) is 0 Å². The average Bonchev–Trinajstić information content (AvgIpc) is 3.09. The van der Waals surface area contributed by atoms with Crippen LogP contribution >= 0.6 is 0 Å². The molecule has 2 aromatic carbocycles. The Balaban J connectivity index is 1.07. The number of fused-ring (bicyclic) bond motifs is 2. The van der Waals surface area contributed by atoms with Gasteiger partial charge >= 0.3 is 10.1 Å². The van der Waals surface area contributed by atoms with Crippen LogP contribution < -0.4 is 9.50 Å². The minimum absolute atomic E-state index is 0.00345. The molecule has 1 aliphatic carbocycles. The molecule has 3 aromatic rings. The predicted molar refractivity (Wildman–Crippen MR) is 145 cm³/mol. The van der Waals surface area contributed by atoms with E-state index in [2.05, 4.69) is 15.2 Å². The Kier molecular flexibility index (Phi) is 7.76. The van der Waals surface area contributed by atoms with Gasteiger partial charge in [-0.05, 0) is 98.9 Å². The number of benzene rings is 2. The fraction of sp³-hybridized carbons (Fsp3) is 0.448. The largest absolute Gasteiger partial charge is 0.383 e. The lowest BCUT2D eigenvalue weighted by molar-refractivity contribution is 0.0921. The van der Waals surface area contributed by atoms with Crippen molar-refractivity contribution < 1.29 is 17.4 Å². The van der Waals surface area contributed by atoms with Crippen LogP contribution in [-0.2, 0) is 23.0 Å². The molecule has 1 aromatic heterocycles. The van der Waals surface area contributed by atoms with Crippen LogP contribution in [0.4, 0.5) is 0 Å². The van der Waals surface area contributed by atoms with E-state index in [4.69, 9.17) is 4.18 Å². The van der Waals surface area contributed by atoms with Crippen LogP contribution in [0.2, 0.25) is 0 Å². The van der Waals surface area contributed by atoms with Gasteiger partial charge in [0, 0.05) is 36.3 Å². The summed E-state index contributed by atoms with van der Waals surface area (Å²) in [6, 6.07) is 15.4. The molecular weight excluding hydrogens is 486 g/mol. The summed E-state index contributed by atoms with van der Waals surface area (Å²) in [5.74, 6) is 1.09. The topological polar surface area (TPSA) is 88.6 Å². The molecule has 2 aliphatic rings. The molecule has 8 heteroatoms. The smallest absolute Gasteiger partial charge is 0.306 e. The lowest BCUT2D eigenvalue weighted by atomic mass is 9.84. The second kappa shape index (κ2) is 11.2. The molecule has 0 radical (unpaired) electrons. The maximum atomic E-state index is 13.0. The number of nitrogens with zero attached hydrogens (tertiary/aromatic N) is 2. The summed E-state index contributed by atoms with van der Waals surface area (Å²) in [4.78, 5) is 19.9. The minimum atomic E-state index is -3.51. The first kappa shape index (κ1) is 25.7. The number of rotatable bonds is 7. The van der Waals surface area contributed by atoms with Crippen LogP contribution in [0.15, 0.2) is 54.7 Å². The summed E-state index contributed by atoms with van der Waals surface area (Å²) in [6.45, 7) is 3.07. The highest BCUT2D eigenvalue weighted by atomic mass is 32.2. The highest BCUT2D eigenvalue weighted by Gasteiger charge is 2.24. The van der Waals surface area contributed by atoms with E-state index in [1.807, 2.05) is 42.5 Å². The van der Waals surface area contributed by atoms with Gasteiger partial charge in [-0.25, -0.2) is 0 Å². The van der Waals surface area contributed by atoms with Gasteiger partial charge in [-0.3, -0.25) is 9.78 Å². The van der Waals surface area contributed by atoms with Crippen molar-refractivity contribution >= 4 is 26.9 Å². The first-order chi connectivity index (χ1) is 17.8. The molecule has 196 valence electrons. The molecule has 1 fully saturated rings. The Bertz CT molecular complexity index is 1360. The Labute approximate surface area is 219 Å². The van der Waals surface area contributed by atoms with E-state index in [0.29, 0.717) is 17.2 Å². The number of aromatic nitrogens is 1. The van der Waals surface area contributed by atoms with Crippen LogP contribution in [0.25, 0.3) is 10.9 Å². The molecule has 1 aliphatic heterocycles. The highest BCUT2D eigenvalue weighted by Crippen LogP contribution is 2.29. The Morgan fingerprint density at radius 2 is 1.81 bits per heavy atom. The Morgan fingerprint density at radius 3 is 2.59 bits per heavy atom. The van der Waals surface area contributed by atoms with Gasteiger partial charge < -0.3 is 14.4 Å². The molecule has 37 heavy (non-hydrogen) atoms. The molecular formula is C29H35N3O4S. The van der Waals surface area contributed by atoms with Crippen LogP contribution in [0.1, 0.15) is 53.6 Å². The van der Waals surface area contributed by atoms with Gasteiger partial charge in [-0.1, -0.05) is 18.2 Å². The quantitative estimate of drug-likeness (QED) is 0.465. The van der Waals surface area contributed by atoms with Crippen LogP contribution in [0, 0.1) is 5.92 Å². The van der Waals surface area contributed by atoms with E-state index in [-0.39, 0.29) is 11.9 Å². The van der Waals surface area contributed by atoms with Gasteiger partial charge in [0.05, 0.1) is 11.8 Å². The number of carbonyl (C=O) groups excluding carboxylic acids is 1. The zero-order valence-electron chi connectivity index (χ0n) is 21.4. The summed E-state index contributed by atoms with van der Waals surface area (Å²) in [6.07, 6.45) is 10.2. The van der Waals surface area contributed by atoms with Gasteiger partial charge in [-0.15, -0.1) is 0 Å². The van der Waals surface area contributed by atoms with Crippen molar-refractivity contribution in [3.63, 3.8) is 0 Å². The minimum Gasteiger partial charge on any atom is -0.383 e. The van der Waals surface area contributed by atoms with Crippen LogP contribution in [0.3, 0.4) is 0 Å².